The summed E-state index contributed by atoms with van der Waals surface area (Å²) in [6.07, 6.45) is 17.3. The fourth-order valence-electron chi connectivity index (χ4n) is 3.19. The molecule has 1 aromatic heterocycles. The lowest BCUT2D eigenvalue weighted by Crippen LogP contribution is -2.32. The van der Waals surface area contributed by atoms with E-state index in [0.29, 0.717) is 0 Å². The summed E-state index contributed by atoms with van der Waals surface area (Å²) in [6, 6.07) is 12.8. The molecule has 0 amide bonds. The molecule has 0 spiro atoms. The second-order valence-electron chi connectivity index (χ2n) is 7.34. The zero-order valence-electron chi connectivity index (χ0n) is 17.8. The van der Waals surface area contributed by atoms with Crippen LogP contribution >= 0.6 is 0 Å². The van der Waals surface area contributed by atoms with E-state index in [-0.39, 0.29) is 0 Å². The van der Waals surface area contributed by atoms with Crippen molar-refractivity contribution in [2.45, 2.75) is 65.3 Å². The number of aryl methyl sites for hydroxylation is 1. The second kappa shape index (κ2) is 13.8. The molecule has 0 unspecified atom stereocenters. The van der Waals surface area contributed by atoms with Crippen LogP contribution in [0.1, 0.15) is 64.4 Å². The van der Waals surface area contributed by atoms with Gasteiger partial charge in [0.1, 0.15) is 6.54 Å². The fraction of sp³-hybridized carbons (Fsp3) is 0.480. The van der Waals surface area contributed by atoms with Gasteiger partial charge in [0.05, 0.1) is 0 Å². The topological polar surface area (TPSA) is 27.9 Å². The lowest BCUT2D eigenvalue weighted by atomic mass is 10.1. The van der Waals surface area contributed by atoms with Crippen LogP contribution in [0.3, 0.4) is 0 Å². The highest BCUT2D eigenvalue weighted by Crippen LogP contribution is 2.26. The number of hydrogen-bond donors (Lipinski definition) is 2. The SMILES string of the molecule is CCCCNc1cccc(NCCCC)c1C=CCCCC[n+]1ccccc1. The van der Waals surface area contributed by atoms with Gasteiger partial charge in [-0.15, -0.1) is 0 Å². The lowest BCUT2D eigenvalue weighted by molar-refractivity contribution is -0.697. The first kappa shape index (κ1) is 22.0. The predicted octanol–water partition coefficient (Wildman–Crippen LogP) is 6.28. The molecule has 1 aromatic carbocycles. The Bertz CT molecular complexity index is 651. The van der Waals surface area contributed by atoms with Crippen molar-refractivity contribution in [2.75, 3.05) is 23.7 Å². The third kappa shape index (κ3) is 8.16. The van der Waals surface area contributed by atoms with Crippen molar-refractivity contribution in [1.29, 1.82) is 0 Å². The number of nitrogens with zero attached hydrogens (tertiary/aromatic N) is 1. The molecule has 0 aliphatic rings. The minimum absolute atomic E-state index is 1.03. The van der Waals surface area contributed by atoms with Crippen molar-refractivity contribution in [1.82, 2.24) is 0 Å². The quantitative estimate of drug-likeness (QED) is 0.298. The van der Waals surface area contributed by atoms with Gasteiger partial charge in [-0.3, -0.25) is 0 Å². The minimum atomic E-state index is 1.03. The molecule has 0 atom stereocenters. The normalized spacial score (nSPS) is 11.1. The first-order valence-corrected chi connectivity index (χ1v) is 11.1. The first-order valence-electron chi connectivity index (χ1n) is 11.1. The van der Waals surface area contributed by atoms with Crippen molar-refractivity contribution >= 4 is 17.5 Å². The molecule has 0 fully saturated rings. The zero-order chi connectivity index (χ0) is 19.9. The molecule has 0 bridgehead atoms. The predicted molar refractivity (Wildman–Crippen MR) is 123 cm³/mol. The highest BCUT2D eigenvalue weighted by Gasteiger charge is 2.05. The maximum atomic E-state index is 3.62. The first-order chi connectivity index (χ1) is 13.8. The Morgan fingerprint density at radius 1 is 0.786 bits per heavy atom. The molecule has 3 nitrogen and oxygen atoms in total. The van der Waals surface area contributed by atoms with E-state index in [0.717, 1.165) is 26.1 Å². The van der Waals surface area contributed by atoms with Crippen LogP contribution in [0.5, 0.6) is 0 Å². The van der Waals surface area contributed by atoms with Gasteiger partial charge in [0, 0.05) is 48.6 Å². The van der Waals surface area contributed by atoms with Gasteiger partial charge in [0.2, 0.25) is 0 Å². The Morgan fingerprint density at radius 3 is 2.04 bits per heavy atom. The van der Waals surface area contributed by atoms with Crippen LogP contribution in [0, 0.1) is 0 Å². The van der Waals surface area contributed by atoms with E-state index in [2.05, 4.69) is 90.0 Å². The number of benzene rings is 1. The summed E-state index contributed by atoms with van der Waals surface area (Å²) < 4.78 is 2.26. The average Bonchev–Trinajstić information content (AvgIpc) is 2.73. The monoisotopic (exact) mass is 380 g/mol. The van der Waals surface area contributed by atoms with Gasteiger partial charge in [-0.1, -0.05) is 51.0 Å². The summed E-state index contributed by atoms with van der Waals surface area (Å²) in [5, 5.41) is 7.25. The summed E-state index contributed by atoms with van der Waals surface area (Å²) in [6.45, 7) is 7.62. The largest absolute Gasteiger partial charge is 0.385 e. The van der Waals surface area contributed by atoms with Crippen molar-refractivity contribution < 1.29 is 4.57 Å². The third-order valence-corrected chi connectivity index (χ3v) is 4.90. The molecular formula is C25H38N3+. The van der Waals surface area contributed by atoms with Gasteiger partial charge in [-0.05, 0) is 37.8 Å². The van der Waals surface area contributed by atoms with E-state index in [1.165, 1.54) is 55.5 Å². The number of aromatic nitrogens is 1. The number of nitrogens with one attached hydrogen (secondary N) is 2. The van der Waals surface area contributed by atoms with E-state index in [4.69, 9.17) is 0 Å². The van der Waals surface area contributed by atoms with Gasteiger partial charge in [-0.2, -0.15) is 0 Å². The third-order valence-electron chi connectivity index (χ3n) is 4.90. The number of allylic oxidation sites excluding steroid dienone is 1. The average molecular weight is 381 g/mol. The van der Waals surface area contributed by atoms with Crippen LogP contribution < -0.4 is 15.2 Å². The Morgan fingerprint density at radius 2 is 1.43 bits per heavy atom. The van der Waals surface area contributed by atoms with Crippen molar-refractivity contribution in [3.05, 3.63) is 60.4 Å². The van der Waals surface area contributed by atoms with E-state index in [1.54, 1.807) is 0 Å². The van der Waals surface area contributed by atoms with E-state index >= 15 is 0 Å². The summed E-state index contributed by atoms with van der Waals surface area (Å²) in [4.78, 5) is 0. The summed E-state index contributed by atoms with van der Waals surface area (Å²) in [7, 11) is 0. The van der Waals surface area contributed by atoms with Gasteiger partial charge in [0.25, 0.3) is 0 Å². The van der Waals surface area contributed by atoms with Gasteiger partial charge in [-0.25, -0.2) is 4.57 Å². The summed E-state index contributed by atoms with van der Waals surface area (Å²) >= 11 is 0. The highest BCUT2D eigenvalue weighted by molar-refractivity contribution is 5.78. The second-order valence-corrected chi connectivity index (χ2v) is 7.34. The van der Waals surface area contributed by atoms with Crippen LogP contribution in [-0.2, 0) is 6.54 Å². The minimum Gasteiger partial charge on any atom is -0.385 e. The summed E-state index contributed by atoms with van der Waals surface area (Å²) in [5.74, 6) is 0. The van der Waals surface area contributed by atoms with Crippen molar-refractivity contribution in [2.24, 2.45) is 0 Å². The van der Waals surface area contributed by atoms with Crippen molar-refractivity contribution in [3.63, 3.8) is 0 Å². The molecular weight excluding hydrogens is 342 g/mol. The fourth-order valence-corrected chi connectivity index (χ4v) is 3.19. The van der Waals surface area contributed by atoms with Crippen LogP contribution in [0.2, 0.25) is 0 Å². The Balaban J connectivity index is 1.92. The van der Waals surface area contributed by atoms with E-state index in [9.17, 15) is 0 Å². The van der Waals surface area contributed by atoms with E-state index < -0.39 is 0 Å². The molecule has 1 heterocycles. The molecule has 2 aromatic rings. The smallest absolute Gasteiger partial charge is 0.168 e. The molecule has 0 aliphatic heterocycles. The lowest BCUT2D eigenvalue weighted by Gasteiger charge is -2.15. The highest BCUT2D eigenvalue weighted by atomic mass is 14.9. The molecule has 28 heavy (non-hydrogen) atoms. The zero-order valence-corrected chi connectivity index (χ0v) is 17.8. The number of hydrogen-bond acceptors (Lipinski definition) is 2. The van der Waals surface area contributed by atoms with Gasteiger partial charge >= 0.3 is 0 Å². The van der Waals surface area contributed by atoms with Crippen LogP contribution in [0.4, 0.5) is 11.4 Å². The number of pyridine rings is 1. The molecule has 0 aliphatic carbocycles. The molecule has 2 rings (SSSR count). The van der Waals surface area contributed by atoms with Gasteiger partial charge in [0.15, 0.2) is 12.4 Å². The van der Waals surface area contributed by atoms with Gasteiger partial charge < -0.3 is 10.6 Å². The number of unbranched alkanes of at least 4 members (excludes halogenated alkanes) is 4. The number of rotatable bonds is 14. The Hall–Kier alpha value is -2.29. The van der Waals surface area contributed by atoms with Crippen LogP contribution in [0.15, 0.2) is 54.9 Å². The number of anilines is 2. The molecule has 3 heteroatoms. The maximum absolute atomic E-state index is 3.62. The molecule has 0 radical (unpaired) electrons. The molecule has 2 N–H and O–H groups in total. The molecule has 0 saturated carbocycles. The molecule has 0 saturated heterocycles. The summed E-state index contributed by atoms with van der Waals surface area (Å²) in [5.41, 5.74) is 3.78. The maximum Gasteiger partial charge on any atom is 0.168 e. The van der Waals surface area contributed by atoms with Crippen LogP contribution in [0.25, 0.3) is 6.08 Å². The van der Waals surface area contributed by atoms with Crippen molar-refractivity contribution in [3.8, 4) is 0 Å². The van der Waals surface area contributed by atoms with Crippen LogP contribution in [-0.4, -0.2) is 13.1 Å². The molecule has 152 valence electrons. The Kier molecular flexibility index (Phi) is 10.9. The Labute approximate surface area is 171 Å². The van der Waals surface area contributed by atoms with E-state index in [1.807, 2.05) is 0 Å². The standard InChI is InChI=1S/C25H38N3/c1-3-5-18-26-24-16-14-17-25(27-19-6-4-2)23(24)15-10-7-8-11-20-28-21-12-9-13-22-28/h9-10,12-17,21-22,26-27H,3-8,11,18-20H2,1-2H3/q+1.